The van der Waals surface area contributed by atoms with Crippen molar-refractivity contribution in [2.45, 2.75) is 51.1 Å². The normalized spacial score (nSPS) is 22.1. The SMILES string of the molecule is Cc1cnc(CN2CCC(=O)NC3(CCCC3)C2=O)s1. The number of rotatable bonds is 2. The summed E-state index contributed by atoms with van der Waals surface area (Å²) < 4.78 is 0. The second-order valence-corrected chi connectivity index (χ2v) is 7.00. The van der Waals surface area contributed by atoms with Gasteiger partial charge in [0.2, 0.25) is 11.8 Å². The Bertz CT molecular complexity index is 534. The Hall–Kier alpha value is -1.43. The van der Waals surface area contributed by atoms with Crippen LogP contribution in [0, 0.1) is 6.92 Å². The fourth-order valence-electron chi connectivity index (χ4n) is 3.13. The molecule has 2 amide bonds. The van der Waals surface area contributed by atoms with Crippen molar-refractivity contribution in [3.8, 4) is 0 Å². The molecule has 1 saturated carbocycles. The summed E-state index contributed by atoms with van der Waals surface area (Å²) in [4.78, 5) is 32.0. The van der Waals surface area contributed by atoms with Gasteiger partial charge >= 0.3 is 0 Å². The van der Waals surface area contributed by atoms with Crippen LogP contribution in [0.4, 0.5) is 0 Å². The molecule has 1 spiro atoms. The van der Waals surface area contributed by atoms with Crippen LogP contribution in [0.15, 0.2) is 6.20 Å². The number of amides is 2. The molecule has 2 fully saturated rings. The summed E-state index contributed by atoms with van der Waals surface area (Å²) in [7, 11) is 0. The Balaban J connectivity index is 1.82. The Kier molecular flexibility index (Phi) is 3.50. The summed E-state index contributed by atoms with van der Waals surface area (Å²) in [6.07, 6.45) is 5.78. The third-order valence-corrected chi connectivity index (χ3v) is 5.03. The van der Waals surface area contributed by atoms with E-state index in [1.165, 1.54) is 0 Å². The van der Waals surface area contributed by atoms with Crippen LogP contribution < -0.4 is 5.32 Å². The molecular formula is C14H19N3O2S. The van der Waals surface area contributed by atoms with E-state index < -0.39 is 5.54 Å². The Morgan fingerprint density at radius 1 is 1.40 bits per heavy atom. The van der Waals surface area contributed by atoms with Crippen LogP contribution in [0.25, 0.3) is 0 Å². The van der Waals surface area contributed by atoms with Gasteiger partial charge in [0.05, 0.1) is 6.54 Å². The second-order valence-electron chi connectivity index (χ2n) is 5.68. The summed E-state index contributed by atoms with van der Waals surface area (Å²) >= 11 is 1.61. The molecule has 1 aliphatic heterocycles. The van der Waals surface area contributed by atoms with Gasteiger partial charge in [0.15, 0.2) is 0 Å². The average molecular weight is 293 g/mol. The Morgan fingerprint density at radius 2 is 2.15 bits per heavy atom. The lowest BCUT2D eigenvalue weighted by Gasteiger charge is -2.31. The zero-order valence-electron chi connectivity index (χ0n) is 11.6. The summed E-state index contributed by atoms with van der Waals surface area (Å²) in [5.74, 6) is 0.0757. The predicted molar refractivity (Wildman–Crippen MR) is 76.2 cm³/mol. The lowest BCUT2D eigenvalue weighted by atomic mass is 9.96. The molecule has 0 bridgehead atoms. The van der Waals surface area contributed by atoms with Gasteiger partial charge in [-0.2, -0.15) is 0 Å². The molecular weight excluding hydrogens is 274 g/mol. The van der Waals surface area contributed by atoms with Crippen molar-refractivity contribution >= 4 is 23.2 Å². The maximum Gasteiger partial charge on any atom is 0.248 e. The maximum atomic E-state index is 12.8. The van der Waals surface area contributed by atoms with Gasteiger partial charge in [0.1, 0.15) is 10.5 Å². The highest BCUT2D eigenvalue weighted by atomic mass is 32.1. The van der Waals surface area contributed by atoms with E-state index in [1.807, 2.05) is 18.0 Å². The van der Waals surface area contributed by atoms with Crippen molar-refractivity contribution in [1.82, 2.24) is 15.2 Å². The summed E-state index contributed by atoms with van der Waals surface area (Å²) in [6, 6.07) is 0. The number of thiazole rings is 1. The van der Waals surface area contributed by atoms with Crippen LogP contribution in [0.5, 0.6) is 0 Å². The molecule has 1 aromatic heterocycles. The molecule has 1 aliphatic carbocycles. The molecule has 6 heteroatoms. The van der Waals surface area contributed by atoms with Crippen LogP contribution in [0.1, 0.15) is 42.0 Å². The second kappa shape index (κ2) is 5.16. The molecule has 5 nitrogen and oxygen atoms in total. The fourth-order valence-corrected chi connectivity index (χ4v) is 3.93. The molecule has 3 rings (SSSR count). The van der Waals surface area contributed by atoms with Crippen molar-refractivity contribution in [2.75, 3.05) is 6.54 Å². The third-order valence-electron chi connectivity index (χ3n) is 4.14. The van der Waals surface area contributed by atoms with E-state index in [1.54, 1.807) is 11.3 Å². The highest BCUT2D eigenvalue weighted by Crippen LogP contribution is 2.33. The zero-order valence-corrected chi connectivity index (χ0v) is 12.5. The van der Waals surface area contributed by atoms with Gasteiger partial charge in [-0.1, -0.05) is 12.8 Å². The van der Waals surface area contributed by atoms with Crippen LogP contribution >= 0.6 is 11.3 Å². The topological polar surface area (TPSA) is 62.3 Å². The number of aromatic nitrogens is 1. The van der Waals surface area contributed by atoms with E-state index in [2.05, 4.69) is 10.3 Å². The minimum Gasteiger partial charge on any atom is -0.342 e. The Labute approximate surface area is 122 Å². The van der Waals surface area contributed by atoms with E-state index in [9.17, 15) is 9.59 Å². The number of hydrogen-bond acceptors (Lipinski definition) is 4. The molecule has 1 saturated heterocycles. The molecule has 20 heavy (non-hydrogen) atoms. The van der Waals surface area contributed by atoms with Crippen molar-refractivity contribution in [1.29, 1.82) is 0 Å². The van der Waals surface area contributed by atoms with Gasteiger partial charge in [-0.15, -0.1) is 11.3 Å². The lowest BCUT2D eigenvalue weighted by molar-refractivity contribution is -0.139. The molecule has 108 valence electrons. The summed E-state index contributed by atoms with van der Waals surface area (Å²) in [6.45, 7) is 3.02. The average Bonchev–Trinajstić information content (AvgIpc) is 3.01. The molecule has 0 aromatic carbocycles. The van der Waals surface area contributed by atoms with Gasteiger partial charge < -0.3 is 10.2 Å². The first-order chi connectivity index (χ1) is 9.59. The van der Waals surface area contributed by atoms with Crippen LogP contribution in [0.2, 0.25) is 0 Å². The standard InChI is InChI=1S/C14H19N3O2S/c1-10-8-15-12(20-10)9-17-7-4-11(18)16-14(13(17)19)5-2-3-6-14/h8H,2-7,9H2,1H3,(H,16,18). The molecule has 1 N–H and O–H groups in total. The minimum atomic E-state index is -0.639. The first kappa shape index (κ1) is 13.5. The first-order valence-electron chi connectivity index (χ1n) is 7.11. The van der Waals surface area contributed by atoms with Gasteiger partial charge in [0.25, 0.3) is 0 Å². The number of nitrogens with zero attached hydrogens (tertiary/aromatic N) is 2. The van der Waals surface area contributed by atoms with Crippen molar-refractivity contribution in [3.63, 3.8) is 0 Å². The lowest BCUT2D eigenvalue weighted by Crippen LogP contribution is -2.55. The van der Waals surface area contributed by atoms with Crippen molar-refractivity contribution < 1.29 is 9.59 Å². The Morgan fingerprint density at radius 3 is 2.80 bits per heavy atom. The molecule has 2 aliphatic rings. The van der Waals surface area contributed by atoms with Crippen LogP contribution in [0.3, 0.4) is 0 Å². The number of aryl methyl sites for hydroxylation is 1. The van der Waals surface area contributed by atoms with E-state index in [4.69, 9.17) is 0 Å². The van der Waals surface area contributed by atoms with E-state index in [-0.39, 0.29) is 11.8 Å². The number of hydrogen-bond donors (Lipinski definition) is 1. The fraction of sp³-hybridized carbons (Fsp3) is 0.643. The summed E-state index contributed by atoms with van der Waals surface area (Å²) in [5, 5.41) is 3.92. The highest BCUT2D eigenvalue weighted by Gasteiger charge is 2.46. The van der Waals surface area contributed by atoms with Crippen LogP contribution in [-0.4, -0.2) is 33.8 Å². The molecule has 0 atom stereocenters. The van der Waals surface area contributed by atoms with Crippen molar-refractivity contribution in [3.05, 3.63) is 16.1 Å². The predicted octanol–water partition coefficient (Wildman–Crippen LogP) is 1.61. The van der Waals surface area contributed by atoms with Gasteiger partial charge in [-0.25, -0.2) is 4.98 Å². The van der Waals surface area contributed by atoms with Gasteiger partial charge in [0, 0.05) is 24.0 Å². The van der Waals surface area contributed by atoms with E-state index in [0.29, 0.717) is 19.5 Å². The highest BCUT2D eigenvalue weighted by molar-refractivity contribution is 7.11. The zero-order chi connectivity index (χ0) is 14.2. The third kappa shape index (κ3) is 2.44. The van der Waals surface area contributed by atoms with Crippen LogP contribution in [-0.2, 0) is 16.1 Å². The molecule has 0 unspecified atom stereocenters. The number of carbonyl (C=O) groups is 2. The molecule has 0 radical (unpaired) electrons. The minimum absolute atomic E-state index is 0.00179. The smallest absolute Gasteiger partial charge is 0.248 e. The molecule has 2 heterocycles. The van der Waals surface area contributed by atoms with Gasteiger partial charge in [-0.05, 0) is 19.8 Å². The summed E-state index contributed by atoms with van der Waals surface area (Å²) in [5.41, 5.74) is -0.639. The van der Waals surface area contributed by atoms with E-state index in [0.717, 1.165) is 35.6 Å². The van der Waals surface area contributed by atoms with Gasteiger partial charge in [-0.3, -0.25) is 9.59 Å². The monoisotopic (exact) mass is 293 g/mol. The quantitative estimate of drug-likeness (QED) is 0.901. The van der Waals surface area contributed by atoms with Crippen molar-refractivity contribution in [2.24, 2.45) is 0 Å². The number of nitrogens with one attached hydrogen (secondary N) is 1. The molecule has 1 aromatic rings. The largest absolute Gasteiger partial charge is 0.342 e. The number of carbonyl (C=O) groups excluding carboxylic acids is 2. The van der Waals surface area contributed by atoms with E-state index >= 15 is 0 Å². The first-order valence-corrected chi connectivity index (χ1v) is 7.92. The maximum absolute atomic E-state index is 12.8.